The zero-order valence-corrected chi connectivity index (χ0v) is 14.4. The van der Waals surface area contributed by atoms with E-state index in [1.165, 1.54) is 0 Å². The summed E-state index contributed by atoms with van der Waals surface area (Å²) in [5.41, 5.74) is 0.568. The molecule has 1 aliphatic heterocycles. The highest BCUT2D eigenvalue weighted by molar-refractivity contribution is 7.80. The maximum Gasteiger partial charge on any atom is 0.251 e. The number of rotatable bonds is 5. The summed E-state index contributed by atoms with van der Waals surface area (Å²) in [6, 6.07) is 6.65. The van der Waals surface area contributed by atoms with Gasteiger partial charge >= 0.3 is 0 Å². The molecule has 1 amide bonds. The Balaban J connectivity index is 2.13. The molecule has 0 fully saturated rings. The number of carbonyl (C=O) groups excluding carboxylic acids is 1. The predicted octanol–water partition coefficient (Wildman–Crippen LogP) is 3.49. The molecule has 0 aromatic heterocycles. The molecule has 0 saturated heterocycles. The predicted molar refractivity (Wildman–Crippen MR) is 91.2 cm³/mol. The zero-order chi connectivity index (χ0) is 16.3. The Labute approximate surface area is 140 Å². The van der Waals surface area contributed by atoms with Crippen molar-refractivity contribution in [3.63, 3.8) is 0 Å². The van der Waals surface area contributed by atoms with E-state index in [4.69, 9.17) is 23.8 Å². The number of amides is 1. The maximum atomic E-state index is 12.4. The van der Waals surface area contributed by atoms with Crippen LogP contribution in [-0.4, -0.2) is 35.2 Å². The van der Waals surface area contributed by atoms with Gasteiger partial charge in [0.15, 0.2) is 6.17 Å². The quantitative estimate of drug-likeness (QED) is 0.836. The molecule has 0 saturated carbocycles. The van der Waals surface area contributed by atoms with Crippen LogP contribution >= 0.6 is 23.8 Å². The maximum absolute atomic E-state index is 12.4. The standard InChI is InChI=1S/C15H19ClN4OS/c1-9(2)8-12(13-18-19-15(22)20(13)3)17-14(21)10-4-6-11(16)7-5-10/h4-7,9,12-13H,8H2,1-3H3,(H,17,21). The molecule has 1 aliphatic rings. The van der Waals surface area contributed by atoms with Gasteiger partial charge < -0.3 is 10.2 Å². The number of nitrogens with one attached hydrogen (secondary N) is 1. The minimum Gasteiger partial charge on any atom is -0.345 e. The van der Waals surface area contributed by atoms with E-state index in [0.29, 0.717) is 21.6 Å². The number of hydrogen-bond acceptors (Lipinski definition) is 3. The summed E-state index contributed by atoms with van der Waals surface area (Å²) >= 11 is 11.0. The minimum absolute atomic E-state index is 0.149. The Bertz CT molecular complexity index is 588. The van der Waals surface area contributed by atoms with Crippen LogP contribution in [0.3, 0.4) is 0 Å². The molecule has 0 spiro atoms. The number of halogens is 1. The SMILES string of the molecule is CC(C)CC(NC(=O)c1ccc(Cl)cc1)C1N=NC(=S)N1C. The van der Waals surface area contributed by atoms with Crippen molar-refractivity contribution in [2.24, 2.45) is 16.1 Å². The van der Waals surface area contributed by atoms with Crippen LogP contribution in [0.4, 0.5) is 0 Å². The van der Waals surface area contributed by atoms with Crippen LogP contribution in [0.1, 0.15) is 30.6 Å². The molecule has 0 aliphatic carbocycles. The third-order valence-electron chi connectivity index (χ3n) is 3.47. The van der Waals surface area contributed by atoms with Gasteiger partial charge in [-0.25, -0.2) is 0 Å². The van der Waals surface area contributed by atoms with E-state index in [-0.39, 0.29) is 18.1 Å². The van der Waals surface area contributed by atoms with E-state index in [0.717, 1.165) is 6.42 Å². The van der Waals surface area contributed by atoms with E-state index in [9.17, 15) is 4.79 Å². The highest BCUT2D eigenvalue weighted by Gasteiger charge is 2.32. The number of likely N-dealkylation sites (N-methyl/N-ethyl adjacent to an activating group) is 1. The fraction of sp³-hybridized carbons (Fsp3) is 0.467. The number of benzene rings is 1. The molecule has 2 atom stereocenters. The van der Waals surface area contributed by atoms with Crippen molar-refractivity contribution in [3.05, 3.63) is 34.9 Å². The van der Waals surface area contributed by atoms with Crippen molar-refractivity contribution in [1.82, 2.24) is 10.2 Å². The topological polar surface area (TPSA) is 57.1 Å². The van der Waals surface area contributed by atoms with E-state index in [2.05, 4.69) is 29.4 Å². The Morgan fingerprint density at radius 3 is 2.55 bits per heavy atom. The molecule has 1 N–H and O–H groups in total. The van der Waals surface area contributed by atoms with E-state index in [1.807, 2.05) is 11.9 Å². The minimum atomic E-state index is -0.258. The van der Waals surface area contributed by atoms with Crippen molar-refractivity contribution >= 4 is 34.8 Å². The third-order valence-corrected chi connectivity index (χ3v) is 4.09. The molecule has 22 heavy (non-hydrogen) atoms. The van der Waals surface area contributed by atoms with Crippen LogP contribution in [-0.2, 0) is 0 Å². The molecule has 2 unspecified atom stereocenters. The number of carbonyl (C=O) groups is 1. The highest BCUT2D eigenvalue weighted by Crippen LogP contribution is 2.20. The summed E-state index contributed by atoms with van der Waals surface area (Å²) < 4.78 is 0. The van der Waals surface area contributed by atoms with Gasteiger partial charge in [0.05, 0.1) is 6.04 Å². The summed E-state index contributed by atoms with van der Waals surface area (Å²) in [6.45, 7) is 4.21. The van der Waals surface area contributed by atoms with Gasteiger partial charge in [0, 0.05) is 17.6 Å². The van der Waals surface area contributed by atoms with Crippen molar-refractivity contribution in [1.29, 1.82) is 0 Å². The van der Waals surface area contributed by atoms with Crippen LogP contribution < -0.4 is 5.32 Å². The van der Waals surface area contributed by atoms with Crippen molar-refractivity contribution in [2.75, 3.05) is 7.05 Å². The monoisotopic (exact) mass is 338 g/mol. The van der Waals surface area contributed by atoms with Gasteiger partial charge in [-0.3, -0.25) is 4.79 Å². The van der Waals surface area contributed by atoms with E-state index in [1.54, 1.807) is 24.3 Å². The molecule has 5 nitrogen and oxygen atoms in total. The van der Waals surface area contributed by atoms with Crippen molar-refractivity contribution in [2.45, 2.75) is 32.5 Å². The lowest BCUT2D eigenvalue weighted by atomic mass is 10.0. The fourth-order valence-electron chi connectivity index (χ4n) is 2.34. The van der Waals surface area contributed by atoms with Crippen molar-refractivity contribution in [3.8, 4) is 0 Å². The highest BCUT2D eigenvalue weighted by atomic mass is 35.5. The molecular formula is C15H19ClN4OS. The molecule has 7 heteroatoms. The number of azo groups is 1. The van der Waals surface area contributed by atoms with Crippen LogP contribution in [0.15, 0.2) is 34.5 Å². The normalized spacial score (nSPS) is 18.9. The number of hydrogen-bond donors (Lipinski definition) is 1. The smallest absolute Gasteiger partial charge is 0.251 e. The molecule has 2 rings (SSSR count). The summed E-state index contributed by atoms with van der Waals surface area (Å²) in [5, 5.41) is 12.2. The van der Waals surface area contributed by atoms with Gasteiger partial charge in [-0.1, -0.05) is 25.4 Å². The molecule has 1 aromatic carbocycles. The Morgan fingerprint density at radius 2 is 2.05 bits per heavy atom. The molecule has 0 radical (unpaired) electrons. The number of nitrogens with zero attached hydrogens (tertiary/aromatic N) is 3. The second-order valence-corrected chi connectivity index (χ2v) is 6.54. The molecular weight excluding hydrogens is 320 g/mol. The van der Waals surface area contributed by atoms with E-state index >= 15 is 0 Å². The molecule has 0 bridgehead atoms. The van der Waals surface area contributed by atoms with Gasteiger partial charge in [-0.05, 0) is 48.8 Å². The van der Waals surface area contributed by atoms with Gasteiger partial charge in [0.1, 0.15) is 0 Å². The van der Waals surface area contributed by atoms with Gasteiger partial charge in [-0.15, -0.1) is 5.11 Å². The van der Waals surface area contributed by atoms with Gasteiger partial charge in [-0.2, -0.15) is 5.11 Å². The first-order valence-corrected chi connectivity index (χ1v) is 7.91. The van der Waals surface area contributed by atoms with Gasteiger partial charge in [0.25, 0.3) is 5.91 Å². The first-order chi connectivity index (χ1) is 10.4. The van der Waals surface area contributed by atoms with Crippen LogP contribution in [0.5, 0.6) is 0 Å². The Hall–Kier alpha value is -1.53. The fourth-order valence-corrected chi connectivity index (χ4v) is 2.62. The lowest BCUT2D eigenvalue weighted by Crippen LogP contribution is -2.49. The van der Waals surface area contributed by atoms with Crippen molar-refractivity contribution < 1.29 is 4.79 Å². The lowest BCUT2D eigenvalue weighted by Gasteiger charge is -2.28. The Kier molecular flexibility index (Phi) is 5.47. The van der Waals surface area contributed by atoms with Gasteiger partial charge in [0.2, 0.25) is 5.11 Å². The second-order valence-electron chi connectivity index (χ2n) is 5.74. The number of thiocarbonyl (C=S) groups is 1. The van der Waals surface area contributed by atoms with Crippen LogP contribution in [0, 0.1) is 5.92 Å². The van der Waals surface area contributed by atoms with Crippen LogP contribution in [0.2, 0.25) is 5.02 Å². The summed E-state index contributed by atoms with van der Waals surface area (Å²) in [4.78, 5) is 14.2. The summed E-state index contributed by atoms with van der Waals surface area (Å²) in [7, 11) is 1.84. The molecule has 1 heterocycles. The third kappa shape index (κ3) is 4.01. The Morgan fingerprint density at radius 1 is 1.41 bits per heavy atom. The van der Waals surface area contributed by atoms with Crippen LogP contribution in [0.25, 0.3) is 0 Å². The first kappa shape index (κ1) is 16.8. The van der Waals surface area contributed by atoms with E-state index < -0.39 is 0 Å². The summed E-state index contributed by atoms with van der Waals surface area (Å²) in [5.74, 6) is 0.261. The molecule has 1 aromatic rings. The zero-order valence-electron chi connectivity index (χ0n) is 12.8. The average molecular weight is 339 g/mol. The second kappa shape index (κ2) is 7.15. The molecule has 118 valence electrons. The lowest BCUT2D eigenvalue weighted by molar-refractivity contribution is 0.0912. The average Bonchev–Trinajstić information content (AvgIpc) is 2.78. The summed E-state index contributed by atoms with van der Waals surface area (Å²) in [6.07, 6.45) is 0.529. The largest absolute Gasteiger partial charge is 0.345 e. The first-order valence-electron chi connectivity index (χ1n) is 7.12.